The quantitative estimate of drug-likeness (QED) is 0.0261. The number of hydrogen-bond donors (Lipinski definition) is 0. The van der Waals surface area contributed by atoms with Crippen LogP contribution in [0.15, 0.2) is 109 Å². The molecule has 6 nitrogen and oxygen atoms in total. The van der Waals surface area contributed by atoms with Gasteiger partial charge in [0.15, 0.2) is 6.10 Å². The Labute approximate surface area is 482 Å². The van der Waals surface area contributed by atoms with Crippen molar-refractivity contribution in [3.05, 3.63) is 109 Å². The number of rotatable bonds is 59. The molecule has 6 heteroatoms. The van der Waals surface area contributed by atoms with Crippen LogP contribution in [-0.4, -0.2) is 37.2 Å². The standard InChI is InChI=1S/C72H122O6/c1-4-7-10-13-16-19-22-25-28-31-33-35-37-38-41-44-47-50-53-56-59-62-65-71(74)77-68-69(67-76-70(73)64-61-58-55-52-49-46-43-40-30-27-24-21-18-15-12-9-6-3)78-72(75)66-63-60-57-54-51-48-45-42-39-36-34-32-29-26-23-20-17-14-11-8-5-2/h8-9,11-12,17-18,20-21,26-27,29-30,34,36,42,45,51,54,69H,4-7,10,13-16,19,22-25,28,31-33,35,37-41,43-44,46-50,52-53,55-68H2,1-3H3/b11-8-,12-9-,20-17-,21-18-,29-26-,30-27-,36-34-,45-42-,54-51-. The second kappa shape index (κ2) is 65.6. The van der Waals surface area contributed by atoms with E-state index in [4.69, 9.17) is 14.2 Å². The van der Waals surface area contributed by atoms with E-state index < -0.39 is 6.10 Å². The normalized spacial score (nSPS) is 12.8. The van der Waals surface area contributed by atoms with Crippen molar-refractivity contribution >= 4 is 17.9 Å². The molecule has 78 heavy (non-hydrogen) atoms. The van der Waals surface area contributed by atoms with Crippen LogP contribution in [0, 0.1) is 0 Å². The van der Waals surface area contributed by atoms with Crippen LogP contribution >= 0.6 is 0 Å². The van der Waals surface area contributed by atoms with Crippen molar-refractivity contribution in [3.63, 3.8) is 0 Å². The predicted octanol–water partition coefficient (Wildman–Crippen LogP) is 22.6. The van der Waals surface area contributed by atoms with Crippen molar-refractivity contribution in [2.24, 2.45) is 0 Å². The molecule has 0 saturated carbocycles. The van der Waals surface area contributed by atoms with Crippen molar-refractivity contribution in [2.75, 3.05) is 13.2 Å². The van der Waals surface area contributed by atoms with Gasteiger partial charge in [-0.15, -0.1) is 0 Å². The van der Waals surface area contributed by atoms with Gasteiger partial charge in [0.1, 0.15) is 13.2 Å². The molecule has 0 aliphatic carbocycles. The van der Waals surface area contributed by atoms with Gasteiger partial charge in [0.25, 0.3) is 0 Å². The van der Waals surface area contributed by atoms with Crippen molar-refractivity contribution in [1.29, 1.82) is 0 Å². The maximum absolute atomic E-state index is 12.9. The Morgan fingerprint density at radius 3 is 0.808 bits per heavy atom. The third-order valence-electron chi connectivity index (χ3n) is 14.0. The summed E-state index contributed by atoms with van der Waals surface area (Å²) in [5.41, 5.74) is 0. The van der Waals surface area contributed by atoms with E-state index >= 15 is 0 Å². The van der Waals surface area contributed by atoms with Crippen LogP contribution in [0.2, 0.25) is 0 Å². The van der Waals surface area contributed by atoms with Crippen LogP contribution in [0.3, 0.4) is 0 Å². The molecule has 0 saturated heterocycles. The Hall–Kier alpha value is -3.93. The Kier molecular flexibility index (Phi) is 62.3. The minimum Gasteiger partial charge on any atom is -0.462 e. The van der Waals surface area contributed by atoms with Crippen molar-refractivity contribution in [3.8, 4) is 0 Å². The third-order valence-corrected chi connectivity index (χ3v) is 14.0. The predicted molar refractivity (Wildman–Crippen MR) is 339 cm³/mol. The van der Waals surface area contributed by atoms with Crippen LogP contribution < -0.4 is 0 Å². The van der Waals surface area contributed by atoms with E-state index in [1.54, 1.807) is 0 Å². The zero-order valence-corrected chi connectivity index (χ0v) is 51.2. The Bertz CT molecular complexity index is 1570. The highest BCUT2D eigenvalue weighted by Gasteiger charge is 2.19. The van der Waals surface area contributed by atoms with Crippen molar-refractivity contribution < 1.29 is 28.6 Å². The monoisotopic (exact) mass is 1080 g/mol. The smallest absolute Gasteiger partial charge is 0.306 e. The second-order valence-corrected chi connectivity index (χ2v) is 21.6. The van der Waals surface area contributed by atoms with Gasteiger partial charge in [0.05, 0.1) is 0 Å². The van der Waals surface area contributed by atoms with Crippen LogP contribution in [0.5, 0.6) is 0 Å². The minimum absolute atomic E-state index is 0.0977. The first-order valence-corrected chi connectivity index (χ1v) is 32.9. The van der Waals surface area contributed by atoms with Gasteiger partial charge in [-0.1, -0.05) is 297 Å². The summed E-state index contributed by atoms with van der Waals surface area (Å²) in [6, 6.07) is 0. The first-order chi connectivity index (χ1) is 38.5. The molecular formula is C72H122O6. The SMILES string of the molecule is CC/C=C\C/C=C\C/C=C\C/C=C\C/C=C\C/C=C\CCCCC(=O)OC(COC(=O)CCCCCCCCC/C=C\C/C=C\C/C=C\CC)COC(=O)CCCCCCCCCCCCCCCCCCCCCCCC. The van der Waals surface area contributed by atoms with E-state index in [-0.39, 0.29) is 37.5 Å². The maximum Gasteiger partial charge on any atom is 0.306 e. The molecule has 0 aromatic rings. The molecule has 1 unspecified atom stereocenters. The highest BCUT2D eigenvalue weighted by molar-refractivity contribution is 5.71. The Balaban J connectivity index is 4.44. The fourth-order valence-corrected chi connectivity index (χ4v) is 9.17. The lowest BCUT2D eigenvalue weighted by atomic mass is 10.0. The highest BCUT2D eigenvalue weighted by atomic mass is 16.6. The number of carbonyl (C=O) groups excluding carboxylic acids is 3. The maximum atomic E-state index is 12.9. The van der Waals surface area contributed by atoms with E-state index in [1.807, 2.05) is 0 Å². The fourth-order valence-electron chi connectivity index (χ4n) is 9.17. The molecular weight excluding hydrogens is 961 g/mol. The Morgan fingerprint density at radius 2 is 0.500 bits per heavy atom. The van der Waals surface area contributed by atoms with Crippen LogP contribution in [0.25, 0.3) is 0 Å². The number of hydrogen-bond acceptors (Lipinski definition) is 6. The summed E-state index contributed by atoms with van der Waals surface area (Å²) < 4.78 is 16.9. The molecule has 0 aliphatic rings. The molecule has 0 radical (unpaired) electrons. The molecule has 0 spiro atoms. The summed E-state index contributed by atoms with van der Waals surface area (Å²) in [6.45, 7) is 6.41. The largest absolute Gasteiger partial charge is 0.462 e. The van der Waals surface area contributed by atoms with Gasteiger partial charge < -0.3 is 14.2 Å². The molecule has 0 aliphatic heterocycles. The number of allylic oxidation sites excluding steroid dienone is 18. The molecule has 0 fully saturated rings. The zero-order valence-electron chi connectivity index (χ0n) is 51.2. The topological polar surface area (TPSA) is 78.9 Å². The summed E-state index contributed by atoms with van der Waals surface area (Å²) >= 11 is 0. The molecule has 0 aromatic heterocycles. The van der Waals surface area contributed by atoms with Crippen LogP contribution in [0.4, 0.5) is 0 Å². The summed E-state index contributed by atoms with van der Waals surface area (Å²) in [5, 5.41) is 0. The average Bonchev–Trinajstić information content (AvgIpc) is 3.44. The van der Waals surface area contributed by atoms with Gasteiger partial charge >= 0.3 is 17.9 Å². The molecule has 0 heterocycles. The van der Waals surface area contributed by atoms with E-state index in [2.05, 4.69) is 130 Å². The number of esters is 3. The van der Waals surface area contributed by atoms with Gasteiger partial charge in [-0.25, -0.2) is 0 Å². The summed E-state index contributed by atoms with van der Waals surface area (Å²) in [5.74, 6) is -0.941. The number of unbranched alkanes of at least 4 members (excludes halogenated alkanes) is 30. The first-order valence-electron chi connectivity index (χ1n) is 32.9. The van der Waals surface area contributed by atoms with Gasteiger partial charge in [0, 0.05) is 19.3 Å². The van der Waals surface area contributed by atoms with Crippen molar-refractivity contribution in [2.45, 2.75) is 316 Å². The fraction of sp³-hybridized carbons (Fsp3) is 0.708. The van der Waals surface area contributed by atoms with Gasteiger partial charge in [-0.3, -0.25) is 14.4 Å². The summed E-state index contributed by atoms with van der Waals surface area (Å²) in [4.78, 5) is 38.4. The van der Waals surface area contributed by atoms with E-state index in [9.17, 15) is 14.4 Å². The second-order valence-electron chi connectivity index (χ2n) is 21.6. The Morgan fingerprint density at radius 1 is 0.269 bits per heavy atom. The molecule has 0 amide bonds. The minimum atomic E-state index is -0.808. The van der Waals surface area contributed by atoms with Gasteiger partial charge in [-0.05, 0) is 103 Å². The molecule has 1 atom stereocenters. The van der Waals surface area contributed by atoms with Crippen molar-refractivity contribution in [1.82, 2.24) is 0 Å². The molecule has 446 valence electrons. The van der Waals surface area contributed by atoms with E-state index in [0.717, 1.165) is 116 Å². The average molecular weight is 1080 g/mol. The number of carbonyl (C=O) groups is 3. The van der Waals surface area contributed by atoms with Crippen LogP contribution in [-0.2, 0) is 28.6 Å². The zero-order chi connectivity index (χ0) is 56.4. The highest BCUT2D eigenvalue weighted by Crippen LogP contribution is 2.17. The van der Waals surface area contributed by atoms with Crippen LogP contribution in [0.1, 0.15) is 310 Å². The molecule has 0 aromatic carbocycles. The molecule has 0 N–H and O–H groups in total. The third kappa shape index (κ3) is 62.9. The van der Waals surface area contributed by atoms with Gasteiger partial charge in [-0.2, -0.15) is 0 Å². The lowest BCUT2D eigenvalue weighted by molar-refractivity contribution is -0.167. The summed E-state index contributed by atoms with van der Waals surface area (Å²) in [7, 11) is 0. The number of ether oxygens (including phenoxy) is 3. The van der Waals surface area contributed by atoms with Gasteiger partial charge in [0.2, 0.25) is 0 Å². The lowest BCUT2D eigenvalue weighted by Gasteiger charge is -2.18. The lowest BCUT2D eigenvalue weighted by Crippen LogP contribution is -2.30. The summed E-state index contributed by atoms with van der Waals surface area (Å²) in [6.07, 6.45) is 89.6. The molecule has 0 bridgehead atoms. The first kappa shape index (κ1) is 74.1. The molecule has 0 rings (SSSR count). The van der Waals surface area contributed by atoms with E-state index in [0.29, 0.717) is 19.3 Å². The van der Waals surface area contributed by atoms with E-state index in [1.165, 1.54) is 148 Å².